The maximum absolute atomic E-state index is 13.0. The van der Waals surface area contributed by atoms with Gasteiger partial charge in [-0.15, -0.1) is 0 Å². The van der Waals surface area contributed by atoms with E-state index in [1.807, 2.05) is 24.3 Å². The monoisotopic (exact) mass is 368 g/mol. The van der Waals surface area contributed by atoms with Crippen molar-refractivity contribution in [3.05, 3.63) is 53.3 Å². The third-order valence-electron chi connectivity index (χ3n) is 5.17. The summed E-state index contributed by atoms with van der Waals surface area (Å²) in [6.07, 6.45) is 4.80. The van der Waals surface area contributed by atoms with E-state index in [1.165, 1.54) is 11.1 Å². The number of hydrogen-bond donors (Lipinski definition) is 0. The molecule has 2 aliphatic rings. The molecule has 1 fully saturated rings. The first-order chi connectivity index (χ1) is 12.6. The lowest BCUT2D eigenvalue weighted by Crippen LogP contribution is -2.48. The van der Waals surface area contributed by atoms with E-state index >= 15 is 0 Å². The number of anilines is 1. The zero-order valence-corrected chi connectivity index (χ0v) is 15.2. The summed E-state index contributed by atoms with van der Waals surface area (Å²) in [7, 11) is -3.45. The topological polar surface area (TPSA) is 77.3 Å². The highest BCUT2D eigenvalue weighted by Crippen LogP contribution is 2.27. The maximum Gasteiger partial charge on any atom is 0.243 e. The summed E-state index contributed by atoms with van der Waals surface area (Å²) in [6, 6.07) is 11.1. The van der Waals surface area contributed by atoms with Gasteiger partial charge >= 0.3 is 0 Å². The Kier molecular flexibility index (Phi) is 4.39. The van der Waals surface area contributed by atoms with Crippen LogP contribution in [0.15, 0.2) is 41.4 Å². The molecule has 4 rings (SSSR count). The zero-order valence-electron chi connectivity index (χ0n) is 14.4. The second-order valence-corrected chi connectivity index (χ2v) is 8.63. The maximum atomic E-state index is 13.0. The molecule has 26 heavy (non-hydrogen) atoms. The number of piperazine rings is 1. The van der Waals surface area contributed by atoms with Crippen molar-refractivity contribution in [1.82, 2.24) is 9.29 Å². The van der Waals surface area contributed by atoms with E-state index in [4.69, 9.17) is 5.26 Å². The fraction of sp³-hybridized carbons (Fsp3) is 0.368. The second-order valence-electron chi connectivity index (χ2n) is 6.69. The molecular weight excluding hydrogens is 348 g/mol. The Morgan fingerprint density at radius 1 is 1.00 bits per heavy atom. The number of aromatic nitrogens is 1. The third-order valence-corrected chi connectivity index (χ3v) is 7.07. The minimum absolute atomic E-state index is 0.381. The van der Waals surface area contributed by atoms with Gasteiger partial charge in [0.05, 0.1) is 16.8 Å². The van der Waals surface area contributed by atoms with Gasteiger partial charge in [-0.25, -0.2) is 13.4 Å². The van der Waals surface area contributed by atoms with E-state index in [-0.39, 0.29) is 0 Å². The number of benzene rings is 1. The molecule has 1 aromatic carbocycles. The average molecular weight is 368 g/mol. The second kappa shape index (κ2) is 6.71. The molecule has 0 atom stereocenters. The van der Waals surface area contributed by atoms with Gasteiger partial charge in [0.25, 0.3) is 0 Å². The molecular formula is C19H20N4O2S. The number of aryl methyl sites for hydroxylation is 2. The Labute approximate surface area is 153 Å². The molecule has 1 aliphatic carbocycles. The molecule has 134 valence electrons. The number of rotatable bonds is 3. The Morgan fingerprint density at radius 3 is 2.46 bits per heavy atom. The van der Waals surface area contributed by atoms with Crippen molar-refractivity contribution < 1.29 is 8.42 Å². The number of hydrogen-bond acceptors (Lipinski definition) is 5. The van der Waals surface area contributed by atoms with Gasteiger partial charge in [0.1, 0.15) is 11.8 Å². The highest BCUT2D eigenvalue weighted by atomic mass is 32.2. The molecule has 0 bridgehead atoms. The van der Waals surface area contributed by atoms with Crippen LogP contribution in [0.2, 0.25) is 0 Å². The summed E-state index contributed by atoms with van der Waals surface area (Å²) >= 11 is 0. The number of nitrogens with zero attached hydrogens (tertiary/aromatic N) is 4. The average Bonchev–Trinajstić information content (AvgIpc) is 3.16. The molecule has 0 N–H and O–H groups in total. The molecule has 7 heteroatoms. The van der Waals surface area contributed by atoms with Gasteiger partial charge in [0.2, 0.25) is 10.0 Å². The lowest BCUT2D eigenvalue weighted by molar-refractivity contribution is 0.385. The first kappa shape index (κ1) is 17.0. The van der Waals surface area contributed by atoms with Crippen LogP contribution in [0.1, 0.15) is 23.2 Å². The summed E-state index contributed by atoms with van der Waals surface area (Å²) in [6.45, 7) is 2.11. The van der Waals surface area contributed by atoms with Crippen molar-refractivity contribution in [3.8, 4) is 6.07 Å². The van der Waals surface area contributed by atoms with Crippen molar-refractivity contribution >= 4 is 15.7 Å². The first-order valence-corrected chi connectivity index (χ1v) is 10.2. The molecule has 0 radical (unpaired) electrons. The smallest absolute Gasteiger partial charge is 0.243 e. The fourth-order valence-electron chi connectivity index (χ4n) is 3.68. The van der Waals surface area contributed by atoms with E-state index in [0.29, 0.717) is 36.8 Å². The van der Waals surface area contributed by atoms with Crippen LogP contribution < -0.4 is 4.90 Å². The minimum atomic E-state index is -3.45. The van der Waals surface area contributed by atoms with Crippen molar-refractivity contribution in [2.45, 2.75) is 24.2 Å². The minimum Gasteiger partial charge on any atom is -0.368 e. The van der Waals surface area contributed by atoms with E-state index in [2.05, 4.69) is 9.88 Å². The third kappa shape index (κ3) is 3.06. The lowest BCUT2D eigenvalue weighted by atomic mass is 10.1. The van der Waals surface area contributed by atoms with Gasteiger partial charge in [-0.3, -0.25) is 0 Å². The largest absolute Gasteiger partial charge is 0.368 e. The Balaban J connectivity index is 1.47. The van der Waals surface area contributed by atoms with E-state index in [0.717, 1.165) is 24.9 Å². The predicted molar refractivity (Wildman–Crippen MR) is 98.4 cm³/mol. The van der Waals surface area contributed by atoms with Crippen molar-refractivity contribution in [2.75, 3.05) is 31.1 Å². The summed E-state index contributed by atoms with van der Waals surface area (Å²) in [5, 5.41) is 8.83. The van der Waals surface area contributed by atoms with Crippen LogP contribution in [0.5, 0.6) is 0 Å². The summed E-state index contributed by atoms with van der Waals surface area (Å²) in [5.74, 6) is 0. The molecule has 2 aromatic rings. The lowest BCUT2D eigenvalue weighted by Gasteiger charge is -2.35. The number of sulfonamides is 1. The van der Waals surface area contributed by atoms with Gasteiger partial charge in [0, 0.05) is 26.2 Å². The normalized spacial score (nSPS) is 17.7. The quantitative estimate of drug-likeness (QED) is 0.828. The van der Waals surface area contributed by atoms with Crippen molar-refractivity contribution in [2.24, 2.45) is 0 Å². The Morgan fingerprint density at radius 2 is 1.77 bits per heavy atom. The van der Waals surface area contributed by atoms with Crippen LogP contribution in [-0.4, -0.2) is 43.9 Å². The summed E-state index contributed by atoms with van der Waals surface area (Å²) < 4.78 is 27.5. The standard InChI is InChI=1S/C19H20N4O2S/c20-13-17-5-6-18(14-21-17)22-8-10-23(11-9-22)26(24,25)19-7-4-15-2-1-3-16(15)12-19/h4-7,12,14H,1-3,8-11H2. The van der Waals surface area contributed by atoms with Crippen molar-refractivity contribution in [3.63, 3.8) is 0 Å². The van der Waals surface area contributed by atoms with Gasteiger partial charge in [0.15, 0.2) is 0 Å². The highest BCUT2D eigenvalue weighted by Gasteiger charge is 2.29. The molecule has 6 nitrogen and oxygen atoms in total. The van der Waals surface area contributed by atoms with Crippen LogP contribution >= 0.6 is 0 Å². The molecule has 0 saturated carbocycles. The Hall–Kier alpha value is -2.43. The van der Waals surface area contributed by atoms with Gasteiger partial charge in [-0.05, 0) is 54.7 Å². The summed E-state index contributed by atoms with van der Waals surface area (Å²) in [4.78, 5) is 6.60. The molecule has 0 amide bonds. The van der Waals surface area contributed by atoms with Crippen LogP contribution in [0, 0.1) is 11.3 Å². The van der Waals surface area contributed by atoms with Crippen LogP contribution in [0.4, 0.5) is 5.69 Å². The molecule has 0 spiro atoms. The molecule has 2 heterocycles. The SMILES string of the molecule is N#Cc1ccc(N2CCN(S(=O)(=O)c3ccc4c(c3)CCC4)CC2)cn1. The Bertz CT molecular complexity index is 956. The fourth-order valence-corrected chi connectivity index (χ4v) is 5.16. The van der Waals surface area contributed by atoms with E-state index in [9.17, 15) is 8.42 Å². The number of pyridine rings is 1. The molecule has 1 aromatic heterocycles. The van der Waals surface area contributed by atoms with Crippen LogP contribution in [0.3, 0.4) is 0 Å². The van der Waals surface area contributed by atoms with E-state index in [1.54, 1.807) is 22.6 Å². The van der Waals surface area contributed by atoms with Gasteiger partial charge < -0.3 is 4.90 Å². The van der Waals surface area contributed by atoms with Crippen molar-refractivity contribution in [1.29, 1.82) is 5.26 Å². The van der Waals surface area contributed by atoms with Crippen LogP contribution in [-0.2, 0) is 22.9 Å². The van der Waals surface area contributed by atoms with E-state index < -0.39 is 10.0 Å². The van der Waals surface area contributed by atoms with Crippen LogP contribution in [0.25, 0.3) is 0 Å². The first-order valence-electron chi connectivity index (χ1n) is 8.81. The number of fused-ring (bicyclic) bond motifs is 1. The zero-order chi connectivity index (χ0) is 18.1. The predicted octanol–water partition coefficient (Wildman–Crippen LogP) is 1.95. The summed E-state index contributed by atoms with van der Waals surface area (Å²) in [5.41, 5.74) is 3.75. The van der Waals surface area contributed by atoms with Gasteiger partial charge in [-0.2, -0.15) is 9.57 Å². The molecule has 0 unspecified atom stereocenters. The van der Waals surface area contributed by atoms with Gasteiger partial charge in [-0.1, -0.05) is 6.07 Å². The number of nitriles is 1. The molecule has 1 saturated heterocycles. The highest BCUT2D eigenvalue weighted by molar-refractivity contribution is 7.89. The molecule has 1 aliphatic heterocycles.